The largest absolute Gasteiger partial charge is 0.393 e. The predicted molar refractivity (Wildman–Crippen MR) is 54.1 cm³/mol. The summed E-state index contributed by atoms with van der Waals surface area (Å²) in [4.78, 5) is 14.2. The Morgan fingerprint density at radius 2 is 2.07 bits per heavy atom. The van der Waals surface area contributed by atoms with Crippen LogP contribution in [-0.4, -0.2) is 41.0 Å². The quantitative estimate of drug-likeness (QED) is 0.628. The third-order valence-electron chi connectivity index (χ3n) is 3.93. The van der Waals surface area contributed by atoms with E-state index in [0.717, 1.165) is 45.1 Å². The van der Waals surface area contributed by atoms with Crippen molar-refractivity contribution in [3.63, 3.8) is 0 Å². The van der Waals surface area contributed by atoms with Gasteiger partial charge in [-0.15, -0.1) is 0 Å². The Labute approximate surface area is 85.1 Å². The second-order valence-electron chi connectivity index (χ2n) is 4.71. The standard InChI is InChI=1S/C11H19NO2/c1-12-8-2-3-10(14)11(12)6-4-9(13)5-7-11/h9,13H,2-8H2,1H3. The molecule has 1 aliphatic carbocycles. The van der Waals surface area contributed by atoms with Crippen LogP contribution in [0.4, 0.5) is 0 Å². The third kappa shape index (κ3) is 1.48. The summed E-state index contributed by atoms with van der Waals surface area (Å²) in [5, 5.41) is 9.47. The van der Waals surface area contributed by atoms with Gasteiger partial charge in [-0.1, -0.05) is 0 Å². The van der Waals surface area contributed by atoms with Crippen LogP contribution in [0.25, 0.3) is 0 Å². The number of piperidine rings is 1. The van der Waals surface area contributed by atoms with Gasteiger partial charge in [0.05, 0.1) is 11.6 Å². The summed E-state index contributed by atoms with van der Waals surface area (Å²) in [6, 6.07) is 0. The third-order valence-corrected chi connectivity index (χ3v) is 3.93. The van der Waals surface area contributed by atoms with Crippen molar-refractivity contribution < 1.29 is 9.90 Å². The fraction of sp³-hybridized carbons (Fsp3) is 0.909. The highest BCUT2D eigenvalue weighted by Crippen LogP contribution is 2.37. The number of hydrogen-bond donors (Lipinski definition) is 1. The van der Waals surface area contributed by atoms with Gasteiger partial charge in [0.15, 0.2) is 5.78 Å². The molecular weight excluding hydrogens is 178 g/mol. The van der Waals surface area contributed by atoms with E-state index in [-0.39, 0.29) is 11.6 Å². The van der Waals surface area contributed by atoms with E-state index in [2.05, 4.69) is 11.9 Å². The normalized spacial score (nSPS) is 40.4. The maximum Gasteiger partial charge on any atom is 0.153 e. The van der Waals surface area contributed by atoms with Crippen molar-refractivity contribution in [3.8, 4) is 0 Å². The predicted octanol–water partition coefficient (Wildman–Crippen LogP) is 0.955. The van der Waals surface area contributed by atoms with Crippen molar-refractivity contribution >= 4 is 5.78 Å². The van der Waals surface area contributed by atoms with Gasteiger partial charge in [-0.05, 0) is 45.7 Å². The smallest absolute Gasteiger partial charge is 0.153 e. The van der Waals surface area contributed by atoms with E-state index in [1.807, 2.05) is 0 Å². The molecule has 1 spiro atoms. The lowest BCUT2D eigenvalue weighted by atomic mass is 9.73. The lowest BCUT2D eigenvalue weighted by Crippen LogP contribution is -2.58. The molecule has 0 bridgehead atoms. The first kappa shape index (κ1) is 10.1. The van der Waals surface area contributed by atoms with Gasteiger partial charge in [0.25, 0.3) is 0 Å². The lowest BCUT2D eigenvalue weighted by molar-refractivity contribution is -0.138. The molecule has 2 fully saturated rings. The van der Waals surface area contributed by atoms with Crippen molar-refractivity contribution in [3.05, 3.63) is 0 Å². The number of carbonyl (C=O) groups excluding carboxylic acids is 1. The Kier molecular flexibility index (Phi) is 2.62. The Morgan fingerprint density at radius 1 is 1.43 bits per heavy atom. The average molecular weight is 197 g/mol. The number of rotatable bonds is 0. The van der Waals surface area contributed by atoms with Gasteiger partial charge in [0, 0.05) is 6.42 Å². The number of aliphatic hydroxyl groups is 1. The van der Waals surface area contributed by atoms with Crippen LogP contribution in [0.5, 0.6) is 0 Å². The van der Waals surface area contributed by atoms with Gasteiger partial charge in [0.1, 0.15) is 0 Å². The number of Topliss-reactive ketones (excluding diaryl/α,β-unsaturated/α-hetero) is 1. The van der Waals surface area contributed by atoms with Gasteiger partial charge in [-0.3, -0.25) is 9.69 Å². The average Bonchev–Trinajstić information content (AvgIpc) is 2.17. The van der Waals surface area contributed by atoms with E-state index >= 15 is 0 Å². The molecule has 1 saturated heterocycles. The maximum atomic E-state index is 12.0. The highest BCUT2D eigenvalue weighted by molar-refractivity contribution is 5.89. The fourth-order valence-electron chi connectivity index (χ4n) is 2.88. The summed E-state index contributed by atoms with van der Waals surface area (Å²) in [5.74, 6) is 0.401. The van der Waals surface area contributed by atoms with Crippen LogP contribution in [0, 0.1) is 0 Å². The number of hydrogen-bond acceptors (Lipinski definition) is 3. The van der Waals surface area contributed by atoms with Crippen molar-refractivity contribution in [2.24, 2.45) is 0 Å². The van der Waals surface area contributed by atoms with E-state index in [1.54, 1.807) is 0 Å². The summed E-state index contributed by atoms with van der Waals surface area (Å²) in [6.07, 6.45) is 4.84. The molecule has 1 heterocycles. The zero-order valence-electron chi connectivity index (χ0n) is 8.83. The zero-order valence-corrected chi connectivity index (χ0v) is 8.83. The van der Waals surface area contributed by atoms with Gasteiger partial charge in [-0.25, -0.2) is 0 Å². The first-order valence-electron chi connectivity index (χ1n) is 5.58. The number of likely N-dealkylation sites (tertiary alicyclic amines) is 1. The molecule has 1 saturated carbocycles. The van der Waals surface area contributed by atoms with E-state index in [4.69, 9.17) is 0 Å². The molecule has 0 amide bonds. The summed E-state index contributed by atoms with van der Waals surface area (Å²) < 4.78 is 0. The molecule has 1 aliphatic heterocycles. The van der Waals surface area contributed by atoms with E-state index in [1.165, 1.54) is 0 Å². The van der Waals surface area contributed by atoms with Crippen LogP contribution in [0.15, 0.2) is 0 Å². The van der Waals surface area contributed by atoms with Crippen molar-refractivity contribution in [2.75, 3.05) is 13.6 Å². The molecule has 0 aromatic heterocycles. The minimum absolute atomic E-state index is 0.177. The highest BCUT2D eigenvalue weighted by Gasteiger charge is 2.45. The Balaban J connectivity index is 2.15. The van der Waals surface area contributed by atoms with Crippen molar-refractivity contribution in [2.45, 2.75) is 50.2 Å². The van der Waals surface area contributed by atoms with Gasteiger partial charge in [0.2, 0.25) is 0 Å². The SMILES string of the molecule is CN1CCCC(=O)C12CCC(O)CC2. The van der Waals surface area contributed by atoms with Gasteiger partial charge >= 0.3 is 0 Å². The molecule has 0 unspecified atom stereocenters. The minimum Gasteiger partial charge on any atom is -0.393 e. The summed E-state index contributed by atoms with van der Waals surface area (Å²) >= 11 is 0. The number of ketones is 1. The van der Waals surface area contributed by atoms with Crippen LogP contribution in [0.1, 0.15) is 38.5 Å². The molecule has 14 heavy (non-hydrogen) atoms. The molecule has 2 rings (SSSR count). The number of carbonyl (C=O) groups is 1. The molecule has 0 atom stereocenters. The van der Waals surface area contributed by atoms with Gasteiger partial charge in [-0.2, -0.15) is 0 Å². The molecule has 1 N–H and O–H groups in total. The summed E-state index contributed by atoms with van der Waals surface area (Å²) in [6.45, 7) is 1.03. The van der Waals surface area contributed by atoms with Crippen LogP contribution < -0.4 is 0 Å². The van der Waals surface area contributed by atoms with E-state index < -0.39 is 0 Å². The first-order valence-corrected chi connectivity index (χ1v) is 5.58. The molecular formula is C11H19NO2. The molecule has 3 nitrogen and oxygen atoms in total. The van der Waals surface area contributed by atoms with Crippen LogP contribution in [0.3, 0.4) is 0 Å². The zero-order chi connectivity index (χ0) is 10.2. The van der Waals surface area contributed by atoms with E-state index in [9.17, 15) is 9.90 Å². The summed E-state index contributed by atoms with van der Waals surface area (Å²) in [5.41, 5.74) is -0.211. The molecule has 0 aromatic carbocycles. The van der Waals surface area contributed by atoms with Gasteiger partial charge < -0.3 is 5.11 Å². The Hall–Kier alpha value is -0.410. The number of likely N-dealkylation sites (N-methyl/N-ethyl adjacent to an activating group) is 1. The number of nitrogens with zero attached hydrogens (tertiary/aromatic N) is 1. The first-order chi connectivity index (χ1) is 6.65. The van der Waals surface area contributed by atoms with Crippen molar-refractivity contribution in [1.29, 1.82) is 0 Å². The lowest BCUT2D eigenvalue weighted by Gasteiger charge is -2.47. The molecule has 0 aromatic rings. The molecule has 0 radical (unpaired) electrons. The highest BCUT2D eigenvalue weighted by atomic mass is 16.3. The summed E-state index contributed by atoms with van der Waals surface area (Å²) in [7, 11) is 2.05. The van der Waals surface area contributed by atoms with Crippen LogP contribution >= 0.6 is 0 Å². The second-order valence-corrected chi connectivity index (χ2v) is 4.71. The molecule has 3 heteroatoms. The minimum atomic E-state index is -0.211. The topological polar surface area (TPSA) is 40.5 Å². The van der Waals surface area contributed by atoms with Crippen LogP contribution in [0.2, 0.25) is 0 Å². The monoisotopic (exact) mass is 197 g/mol. The second kappa shape index (κ2) is 3.63. The Bertz CT molecular complexity index is 231. The van der Waals surface area contributed by atoms with E-state index in [0.29, 0.717) is 5.78 Å². The van der Waals surface area contributed by atoms with Crippen LogP contribution in [-0.2, 0) is 4.79 Å². The molecule has 2 aliphatic rings. The molecule has 80 valence electrons. The number of aliphatic hydroxyl groups excluding tert-OH is 1. The maximum absolute atomic E-state index is 12.0. The Morgan fingerprint density at radius 3 is 2.64 bits per heavy atom. The fourth-order valence-corrected chi connectivity index (χ4v) is 2.88. The van der Waals surface area contributed by atoms with Crippen molar-refractivity contribution in [1.82, 2.24) is 4.90 Å².